The number of pyridine rings is 1. The number of carboxylic acid groups (broad SMARTS) is 1. The van der Waals surface area contributed by atoms with Crippen molar-refractivity contribution >= 4 is 29.5 Å². The molecule has 3 atom stereocenters. The average molecular weight is 580 g/mol. The minimum atomic E-state index is -0.999. The highest BCUT2D eigenvalue weighted by Gasteiger charge is 2.48. The van der Waals surface area contributed by atoms with Crippen molar-refractivity contribution in [2.75, 3.05) is 51.5 Å². The highest BCUT2D eigenvalue weighted by molar-refractivity contribution is 5.97. The number of unbranched alkanes of at least 4 members (excludes halogenated alkanes) is 1. The summed E-state index contributed by atoms with van der Waals surface area (Å²) in [4.78, 5) is 62.5. The van der Waals surface area contributed by atoms with Crippen LogP contribution in [0.5, 0.6) is 11.5 Å². The van der Waals surface area contributed by atoms with Crippen LogP contribution in [-0.4, -0.2) is 101 Å². The van der Waals surface area contributed by atoms with E-state index in [1.165, 1.54) is 9.80 Å². The van der Waals surface area contributed by atoms with Crippen molar-refractivity contribution < 1.29 is 33.8 Å². The van der Waals surface area contributed by atoms with Crippen molar-refractivity contribution in [1.29, 1.82) is 0 Å². The first-order valence-corrected chi connectivity index (χ1v) is 14.4. The normalized spacial score (nSPS) is 22.1. The number of urea groups is 1. The fraction of sp³-hybridized carbons (Fsp3) is 0.500. The van der Waals surface area contributed by atoms with E-state index >= 15 is 0 Å². The summed E-state index contributed by atoms with van der Waals surface area (Å²) >= 11 is 0. The monoisotopic (exact) mass is 579 g/mol. The van der Waals surface area contributed by atoms with Gasteiger partial charge in [-0.05, 0) is 42.7 Å². The average Bonchev–Trinajstić information content (AvgIpc) is 3.60. The summed E-state index contributed by atoms with van der Waals surface area (Å²) in [5.74, 6) is -1.62. The Morgan fingerprint density at radius 3 is 2.71 bits per heavy atom. The van der Waals surface area contributed by atoms with Crippen molar-refractivity contribution in [3.8, 4) is 11.5 Å². The minimum Gasteiger partial charge on any atom is -0.481 e. The van der Waals surface area contributed by atoms with Gasteiger partial charge in [-0.25, -0.2) is 4.79 Å². The largest absolute Gasteiger partial charge is 0.481 e. The van der Waals surface area contributed by atoms with Gasteiger partial charge in [-0.1, -0.05) is 19.4 Å². The van der Waals surface area contributed by atoms with E-state index in [0.717, 1.165) is 18.4 Å². The van der Waals surface area contributed by atoms with Gasteiger partial charge in [-0.3, -0.25) is 29.2 Å². The molecule has 0 spiro atoms. The molecule has 0 radical (unpaired) electrons. The van der Waals surface area contributed by atoms with Crippen LogP contribution in [-0.2, 0) is 14.4 Å². The maximum atomic E-state index is 13.8. The SMILES string of the molecule is CCCCN(C(=O)CN1C[C@H](c2ccc3c(c2)OCO3)[C@@H](C(=O)O)[C@@H]1CCN1C(=O)CCN(C)C1=O)c1cccnc1. The van der Waals surface area contributed by atoms with Gasteiger partial charge in [-0.15, -0.1) is 0 Å². The maximum Gasteiger partial charge on any atom is 0.326 e. The molecule has 5 rings (SSSR count). The predicted octanol–water partition coefficient (Wildman–Crippen LogP) is 2.79. The molecule has 3 aliphatic heterocycles. The molecule has 1 N–H and O–H groups in total. The van der Waals surface area contributed by atoms with Crippen LogP contribution in [0, 0.1) is 5.92 Å². The number of anilines is 1. The number of nitrogens with zero attached hydrogens (tertiary/aromatic N) is 5. The summed E-state index contributed by atoms with van der Waals surface area (Å²) in [6.45, 7) is 3.37. The molecule has 12 heteroatoms. The summed E-state index contributed by atoms with van der Waals surface area (Å²) < 4.78 is 11.0. The molecule has 2 aromatic rings. The van der Waals surface area contributed by atoms with Gasteiger partial charge < -0.3 is 24.4 Å². The van der Waals surface area contributed by atoms with Crippen LogP contribution >= 0.6 is 0 Å². The smallest absolute Gasteiger partial charge is 0.326 e. The molecule has 224 valence electrons. The number of carbonyl (C=O) groups is 4. The van der Waals surface area contributed by atoms with Gasteiger partial charge in [-0.2, -0.15) is 0 Å². The van der Waals surface area contributed by atoms with Gasteiger partial charge in [0.05, 0.1) is 24.3 Å². The number of carbonyl (C=O) groups excluding carboxylic acids is 3. The lowest BCUT2D eigenvalue weighted by Gasteiger charge is -2.34. The molecule has 4 amide bonds. The number of hydrogen-bond acceptors (Lipinski definition) is 8. The lowest BCUT2D eigenvalue weighted by atomic mass is 9.84. The number of imide groups is 1. The Hall–Kier alpha value is -4.19. The Bertz CT molecular complexity index is 1320. The van der Waals surface area contributed by atoms with Gasteiger partial charge in [0.1, 0.15) is 0 Å². The molecule has 0 aliphatic carbocycles. The Balaban J connectivity index is 1.44. The van der Waals surface area contributed by atoms with E-state index in [1.807, 2.05) is 17.0 Å². The molecule has 1 aromatic heterocycles. The lowest BCUT2D eigenvalue weighted by Crippen LogP contribution is -2.52. The molecule has 42 heavy (non-hydrogen) atoms. The van der Waals surface area contributed by atoms with E-state index in [-0.39, 0.29) is 44.5 Å². The number of fused-ring (bicyclic) bond motifs is 1. The third kappa shape index (κ3) is 6.03. The first kappa shape index (κ1) is 29.3. The van der Waals surface area contributed by atoms with Crippen LogP contribution in [0.15, 0.2) is 42.7 Å². The molecule has 2 saturated heterocycles. The quantitative estimate of drug-likeness (QED) is 0.427. The number of carboxylic acids is 1. The molecule has 1 aromatic carbocycles. The Morgan fingerprint density at radius 2 is 1.98 bits per heavy atom. The number of hydrogen-bond donors (Lipinski definition) is 1. The molecule has 0 bridgehead atoms. The minimum absolute atomic E-state index is 0.0180. The Kier molecular flexibility index (Phi) is 8.91. The van der Waals surface area contributed by atoms with Crippen LogP contribution in [0.25, 0.3) is 0 Å². The second kappa shape index (κ2) is 12.8. The van der Waals surface area contributed by atoms with Crippen molar-refractivity contribution in [3.63, 3.8) is 0 Å². The van der Waals surface area contributed by atoms with Gasteiger partial charge >= 0.3 is 12.0 Å². The number of amides is 4. The molecule has 3 aliphatic rings. The first-order chi connectivity index (χ1) is 20.3. The van der Waals surface area contributed by atoms with E-state index in [0.29, 0.717) is 36.8 Å². The van der Waals surface area contributed by atoms with Crippen LogP contribution in [0.2, 0.25) is 0 Å². The van der Waals surface area contributed by atoms with Crippen molar-refractivity contribution in [2.24, 2.45) is 5.92 Å². The standard InChI is InChI=1S/C30H37N5O7/c1-3-4-12-34(21-6-5-11-31-16-21)27(37)18-33-17-22(20-7-8-24-25(15-20)42-19-41-24)28(29(38)39)23(33)9-14-35-26(36)10-13-32(2)30(35)40/h5-8,11,15-16,22-23,28H,3-4,9-10,12-14,17-19H2,1-2H3,(H,38,39)/t22-,23+,28-/m1/s1. The summed E-state index contributed by atoms with van der Waals surface area (Å²) in [7, 11) is 1.64. The third-order valence-corrected chi connectivity index (χ3v) is 8.36. The van der Waals surface area contributed by atoms with Crippen molar-refractivity contribution in [3.05, 3.63) is 48.3 Å². The maximum absolute atomic E-state index is 13.8. The van der Waals surface area contributed by atoms with E-state index < -0.39 is 29.9 Å². The van der Waals surface area contributed by atoms with Gasteiger partial charge in [0.25, 0.3) is 0 Å². The van der Waals surface area contributed by atoms with E-state index in [4.69, 9.17) is 9.47 Å². The Labute approximate surface area is 244 Å². The molecular formula is C30H37N5O7. The van der Waals surface area contributed by atoms with Crippen molar-refractivity contribution in [1.82, 2.24) is 19.7 Å². The molecule has 0 unspecified atom stereocenters. The summed E-state index contributed by atoms with van der Waals surface area (Å²) in [6, 6.07) is 8.04. The lowest BCUT2D eigenvalue weighted by molar-refractivity contribution is -0.143. The zero-order valence-corrected chi connectivity index (χ0v) is 24.0. The molecule has 4 heterocycles. The fourth-order valence-electron chi connectivity index (χ4n) is 6.11. The Morgan fingerprint density at radius 1 is 1.17 bits per heavy atom. The van der Waals surface area contributed by atoms with E-state index in [1.54, 1.807) is 42.5 Å². The van der Waals surface area contributed by atoms with Crippen LogP contribution in [0.1, 0.15) is 44.1 Å². The highest BCUT2D eigenvalue weighted by atomic mass is 16.7. The number of rotatable bonds is 11. The zero-order chi connectivity index (χ0) is 29.8. The number of aliphatic carboxylic acids is 1. The van der Waals surface area contributed by atoms with E-state index in [9.17, 15) is 24.3 Å². The summed E-state index contributed by atoms with van der Waals surface area (Å²) in [5, 5.41) is 10.5. The van der Waals surface area contributed by atoms with Gasteiger partial charge in [0, 0.05) is 57.8 Å². The van der Waals surface area contributed by atoms with E-state index in [2.05, 4.69) is 11.9 Å². The molecule has 0 saturated carbocycles. The molecule has 12 nitrogen and oxygen atoms in total. The number of aromatic nitrogens is 1. The number of benzene rings is 1. The summed E-state index contributed by atoms with van der Waals surface area (Å²) in [5.41, 5.74) is 1.45. The van der Waals surface area contributed by atoms with Crippen LogP contribution in [0.3, 0.4) is 0 Å². The fourth-order valence-corrected chi connectivity index (χ4v) is 6.11. The topological polar surface area (TPSA) is 133 Å². The zero-order valence-electron chi connectivity index (χ0n) is 24.0. The van der Waals surface area contributed by atoms with Gasteiger partial charge in [0.15, 0.2) is 11.5 Å². The molecular weight excluding hydrogens is 542 g/mol. The first-order valence-electron chi connectivity index (χ1n) is 14.4. The van der Waals surface area contributed by atoms with Crippen molar-refractivity contribution in [2.45, 2.75) is 44.6 Å². The van der Waals surface area contributed by atoms with Gasteiger partial charge in [0.2, 0.25) is 18.6 Å². The van der Waals surface area contributed by atoms with Crippen LogP contribution < -0.4 is 14.4 Å². The second-order valence-corrected chi connectivity index (χ2v) is 11.0. The number of likely N-dealkylation sites (tertiary alicyclic amines) is 1. The predicted molar refractivity (Wildman–Crippen MR) is 152 cm³/mol. The second-order valence-electron chi connectivity index (χ2n) is 11.0. The number of ether oxygens (including phenoxy) is 2. The summed E-state index contributed by atoms with van der Waals surface area (Å²) in [6.07, 6.45) is 5.43. The third-order valence-electron chi connectivity index (χ3n) is 8.36. The molecule has 2 fully saturated rings. The highest BCUT2D eigenvalue weighted by Crippen LogP contribution is 2.43. The van der Waals surface area contributed by atoms with Crippen LogP contribution in [0.4, 0.5) is 10.5 Å².